The summed E-state index contributed by atoms with van der Waals surface area (Å²) in [6.45, 7) is 5.19. The number of guanidine groups is 1. The lowest BCUT2D eigenvalue weighted by molar-refractivity contribution is 0.295. The molecule has 0 radical (unpaired) electrons. The highest BCUT2D eigenvalue weighted by Gasteiger charge is 2.21. The maximum absolute atomic E-state index is 4.59. The molecule has 1 aromatic rings. The highest BCUT2D eigenvalue weighted by Crippen LogP contribution is 2.27. The van der Waals surface area contributed by atoms with E-state index in [0.29, 0.717) is 6.04 Å². The average molecular weight is 323 g/mol. The molecule has 0 bridgehead atoms. The van der Waals surface area contributed by atoms with E-state index < -0.39 is 0 Å². The largest absolute Gasteiger partial charge is 0.354 e. The normalized spacial score (nSPS) is 22.6. The number of hydrogen-bond donors (Lipinski definition) is 2. The summed E-state index contributed by atoms with van der Waals surface area (Å²) < 4.78 is 0. The number of aromatic nitrogens is 1. The van der Waals surface area contributed by atoms with Crippen LogP contribution in [0.2, 0.25) is 0 Å². The van der Waals surface area contributed by atoms with Crippen LogP contribution in [-0.4, -0.2) is 24.0 Å². The van der Waals surface area contributed by atoms with Gasteiger partial charge >= 0.3 is 0 Å². The Morgan fingerprint density at radius 1 is 1.32 bits per heavy atom. The van der Waals surface area contributed by atoms with E-state index in [0.717, 1.165) is 30.5 Å². The zero-order chi connectivity index (χ0) is 15.8. The van der Waals surface area contributed by atoms with Crippen LogP contribution in [-0.2, 0) is 13.0 Å². The highest BCUT2D eigenvalue weighted by molar-refractivity contribution is 7.09. The van der Waals surface area contributed by atoms with Gasteiger partial charge in [-0.25, -0.2) is 4.98 Å². The van der Waals surface area contributed by atoms with Gasteiger partial charge in [0.15, 0.2) is 5.96 Å². The second-order valence-electron chi connectivity index (χ2n) is 6.16. The maximum Gasteiger partial charge on any atom is 0.191 e. The summed E-state index contributed by atoms with van der Waals surface area (Å²) in [6.07, 6.45) is 8.97. The number of aryl methyl sites for hydroxylation is 1. The number of aliphatic imine (C=N–C) groups is 1. The van der Waals surface area contributed by atoms with Crippen LogP contribution in [0.15, 0.2) is 10.4 Å². The van der Waals surface area contributed by atoms with E-state index in [1.54, 1.807) is 11.3 Å². The van der Waals surface area contributed by atoms with Crippen LogP contribution in [0.5, 0.6) is 0 Å². The molecule has 0 atom stereocenters. The molecule has 0 amide bonds. The molecule has 0 aromatic carbocycles. The molecule has 0 unspecified atom stereocenters. The summed E-state index contributed by atoms with van der Waals surface area (Å²) in [4.78, 5) is 8.94. The van der Waals surface area contributed by atoms with Gasteiger partial charge in [0.1, 0.15) is 0 Å². The SMILES string of the molecule is CCCC1CCC(NC(=NC)NCc2csc(CC)n2)CC1. The lowest BCUT2D eigenvalue weighted by Crippen LogP contribution is -2.44. The van der Waals surface area contributed by atoms with Gasteiger partial charge < -0.3 is 10.6 Å². The van der Waals surface area contributed by atoms with Crippen molar-refractivity contribution in [2.24, 2.45) is 10.9 Å². The van der Waals surface area contributed by atoms with Crippen molar-refractivity contribution in [3.05, 3.63) is 16.1 Å². The van der Waals surface area contributed by atoms with Crippen LogP contribution in [0.1, 0.15) is 63.1 Å². The lowest BCUT2D eigenvalue weighted by Gasteiger charge is -2.30. The summed E-state index contributed by atoms with van der Waals surface area (Å²) >= 11 is 1.74. The van der Waals surface area contributed by atoms with E-state index in [9.17, 15) is 0 Å². The van der Waals surface area contributed by atoms with E-state index in [1.165, 1.54) is 43.5 Å². The molecule has 1 fully saturated rings. The number of hydrogen-bond acceptors (Lipinski definition) is 3. The zero-order valence-electron chi connectivity index (χ0n) is 14.2. The van der Waals surface area contributed by atoms with Crippen molar-refractivity contribution in [3.63, 3.8) is 0 Å². The van der Waals surface area contributed by atoms with Gasteiger partial charge in [0.25, 0.3) is 0 Å². The first kappa shape index (κ1) is 17.3. The predicted molar refractivity (Wildman–Crippen MR) is 95.5 cm³/mol. The first-order valence-corrected chi connectivity index (χ1v) is 9.53. The molecule has 2 N–H and O–H groups in total. The Bertz CT molecular complexity index is 461. The number of rotatable bonds is 6. The van der Waals surface area contributed by atoms with Gasteiger partial charge in [-0.15, -0.1) is 11.3 Å². The van der Waals surface area contributed by atoms with Crippen LogP contribution in [0.3, 0.4) is 0 Å². The molecule has 2 rings (SSSR count). The summed E-state index contributed by atoms with van der Waals surface area (Å²) in [7, 11) is 1.84. The van der Waals surface area contributed by atoms with Crippen molar-refractivity contribution < 1.29 is 0 Å². The predicted octanol–water partition coefficient (Wildman–Crippen LogP) is 3.73. The van der Waals surface area contributed by atoms with E-state index in [1.807, 2.05) is 7.05 Å². The van der Waals surface area contributed by atoms with E-state index in [2.05, 4.69) is 39.8 Å². The standard InChI is InChI=1S/C17H30N4S/c1-4-6-13-7-9-14(10-8-13)21-17(18-3)19-11-15-12-22-16(5-2)20-15/h12-14H,4-11H2,1-3H3,(H2,18,19,21). The Morgan fingerprint density at radius 2 is 2.09 bits per heavy atom. The fourth-order valence-electron chi connectivity index (χ4n) is 3.16. The summed E-state index contributed by atoms with van der Waals surface area (Å²) in [5.74, 6) is 1.85. The smallest absolute Gasteiger partial charge is 0.191 e. The molecule has 1 saturated carbocycles. The molecule has 5 heteroatoms. The van der Waals surface area contributed by atoms with Crippen LogP contribution in [0, 0.1) is 5.92 Å². The van der Waals surface area contributed by atoms with Crippen molar-refractivity contribution in [1.82, 2.24) is 15.6 Å². The van der Waals surface area contributed by atoms with Crippen LogP contribution < -0.4 is 10.6 Å². The average Bonchev–Trinajstić information content (AvgIpc) is 3.01. The van der Waals surface area contributed by atoms with Crippen LogP contribution in [0.4, 0.5) is 0 Å². The molecule has 1 aliphatic rings. The van der Waals surface area contributed by atoms with Crippen molar-refractivity contribution >= 4 is 17.3 Å². The van der Waals surface area contributed by atoms with E-state index >= 15 is 0 Å². The molecule has 1 heterocycles. The van der Waals surface area contributed by atoms with Gasteiger partial charge in [0, 0.05) is 18.5 Å². The van der Waals surface area contributed by atoms with Crippen LogP contribution in [0.25, 0.3) is 0 Å². The third kappa shape index (κ3) is 5.27. The summed E-state index contributed by atoms with van der Waals surface area (Å²) in [5, 5.41) is 10.3. The second kappa shape index (κ2) is 9.13. The minimum atomic E-state index is 0.570. The minimum absolute atomic E-state index is 0.570. The number of nitrogens with one attached hydrogen (secondary N) is 2. The maximum atomic E-state index is 4.59. The Labute approximate surface area is 138 Å². The van der Waals surface area contributed by atoms with E-state index in [4.69, 9.17) is 0 Å². The molecule has 124 valence electrons. The third-order valence-corrected chi connectivity index (χ3v) is 5.49. The Hall–Kier alpha value is -1.10. The van der Waals surface area contributed by atoms with Gasteiger partial charge in [0.05, 0.1) is 17.2 Å². The molecule has 0 saturated heterocycles. The Kier molecular flexibility index (Phi) is 7.16. The van der Waals surface area contributed by atoms with Gasteiger partial charge in [-0.05, 0) is 38.0 Å². The van der Waals surface area contributed by atoms with Crippen molar-refractivity contribution in [1.29, 1.82) is 0 Å². The monoisotopic (exact) mass is 322 g/mol. The minimum Gasteiger partial charge on any atom is -0.354 e. The van der Waals surface area contributed by atoms with Crippen LogP contribution >= 0.6 is 11.3 Å². The second-order valence-corrected chi connectivity index (χ2v) is 7.11. The molecular formula is C17H30N4S. The molecule has 0 spiro atoms. The molecule has 1 aliphatic carbocycles. The third-order valence-electron chi connectivity index (χ3n) is 4.45. The topological polar surface area (TPSA) is 49.3 Å². The number of thiazole rings is 1. The molecule has 4 nitrogen and oxygen atoms in total. The van der Waals surface area contributed by atoms with Crippen molar-refractivity contribution in [2.75, 3.05) is 7.05 Å². The molecule has 0 aliphatic heterocycles. The molecule has 22 heavy (non-hydrogen) atoms. The zero-order valence-corrected chi connectivity index (χ0v) is 15.0. The van der Waals surface area contributed by atoms with Crippen molar-refractivity contribution in [3.8, 4) is 0 Å². The first-order valence-electron chi connectivity index (χ1n) is 8.65. The first-order chi connectivity index (χ1) is 10.7. The molecule has 1 aromatic heterocycles. The Balaban J connectivity index is 1.73. The van der Waals surface area contributed by atoms with E-state index in [-0.39, 0.29) is 0 Å². The Morgan fingerprint density at radius 3 is 2.68 bits per heavy atom. The van der Waals surface area contributed by atoms with Gasteiger partial charge in [-0.3, -0.25) is 4.99 Å². The van der Waals surface area contributed by atoms with Gasteiger partial charge in [-0.1, -0.05) is 26.7 Å². The fraction of sp³-hybridized carbons (Fsp3) is 0.765. The molecular weight excluding hydrogens is 292 g/mol. The highest BCUT2D eigenvalue weighted by atomic mass is 32.1. The lowest BCUT2D eigenvalue weighted by atomic mass is 9.83. The van der Waals surface area contributed by atoms with Gasteiger partial charge in [-0.2, -0.15) is 0 Å². The summed E-state index contributed by atoms with van der Waals surface area (Å²) in [5.41, 5.74) is 1.11. The van der Waals surface area contributed by atoms with Crippen molar-refractivity contribution in [2.45, 2.75) is 71.4 Å². The summed E-state index contributed by atoms with van der Waals surface area (Å²) in [6, 6.07) is 0.570. The van der Waals surface area contributed by atoms with Gasteiger partial charge in [0.2, 0.25) is 0 Å². The quantitative estimate of drug-likeness (QED) is 0.620. The fourth-order valence-corrected chi connectivity index (χ4v) is 3.90. The number of nitrogens with zero attached hydrogens (tertiary/aromatic N) is 2.